The summed E-state index contributed by atoms with van der Waals surface area (Å²) in [4.78, 5) is 14.3. The van der Waals surface area contributed by atoms with Crippen LogP contribution in [0.3, 0.4) is 0 Å². The van der Waals surface area contributed by atoms with Crippen LogP contribution in [0, 0.1) is 13.8 Å². The predicted molar refractivity (Wildman–Crippen MR) is 99.7 cm³/mol. The molecule has 0 atom stereocenters. The van der Waals surface area contributed by atoms with Gasteiger partial charge in [-0.25, -0.2) is 4.79 Å². The van der Waals surface area contributed by atoms with Gasteiger partial charge in [-0.3, -0.25) is 4.90 Å². The second kappa shape index (κ2) is 6.50. The third-order valence-corrected chi connectivity index (χ3v) is 5.06. The standard InChI is InChI=1S/C21H21NO4/c1-13-14(2)21(23)26-20-16(13)8-9-19-17(20)11-22(12-25-19)10-15-6-4-5-7-18(15)24-3/h4-9H,10-12H2,1-3H3. The predicted octanol–water partition coefficient (Wildman–Crippen LogP) is 3.77. The Bertz CT molecular complexity index is 1040. The Labute approximate surface area is 151 Å². The number of benzene rings is 2. The molecular formula is C21H21NO4. The first-order chi connectivity index (χ1) is 12.6. The summed E-state index contributed by atoms with van der Waals surface area (Å²) in [7, 11) is 1.67. The van der Waals surface area contributed by atoms with E-state index in [4.69, 9.17) is 13.9 Å². The zero-order valence-corrected chi connectivity index (χ0v) is 15.2. The number of nitrogens with zero attached hydrogens (tertiary/aromatic N) is 1. The lowest BCUT2D eigenvalue weighted by Crippen LogP contribution is -2.32. The third kappa shape index (κ3) is 2.74. The van der Waals surface area contributed by atoms with Crippen molar-refractivity contribution in [1.82, 2.24) is 4.90 Å². The number of ether oxygens (including phenoxy) is 2. The minimum Gasteiger partial charge on any atom is -0.496 e. The van der Waals surface area contributed by atoms with Crippen molar-refractivity contribution in [3.8, 4) is 11.5 Å². The van der Waals surface area contributed by atoms with E-state index in [1.165, 1.54) is 0 Å². The van der Waals surface area contributed by atoms with Gasteiger partial charge in [0.15, 0.2) is 0 Å². The Balaban J connectivity index is 1.73. The fraction of sp³-hybridized carbons (Fsp3) is 0.286. The minimum absolute atomic E-state index is 0.287. The molecule has 2 aromatic carbocycles. The Hall–Kier alpha value is -2.79. The highest BCUT2D eigenvalue weighted by Crippen LogP contribution is 2.34. The summed E-state index contributed by atoms with van der Waals surface area (Å²) in [5.74, 6) is 1.63. The first-order valence-corrected chi connectivity index (χ1v) is 8.61. The summed E-state index contributed by atoms with van der Waals surface area (Å²) in [6, 6.07) is 11.9. The van der Waals surface area contributed by atoms with Crippen molar-refractivity contribution in [2.24, 2.45) is 0 Å². The summed E-state index contributed by atoms with van der Waals surface area (Å²) in [5.41, 5.74) is 3.96. The Kier molecular flexibility index (Phi) is 4.17. The summed E-state index contributed by atoms with van der Waals surface area (Å²) < 4.78 is 17.0. The van der Waals surface area contributed by atoms with E-state index in [1.54, 1.807) is 14.0 Å². The molecule has 0 saturated carbocycles. The van der Waals surface area contributed by atoms with Crippen LogP contribution in [0.4, 0.5) is 0 Å². The van der Waals surface area contributed by atoms with E-state index in [0.717, 1.165) is 33.6 Å². The topological polar surface area (TPSA) is 51.9 Å². The van der Waals surface area contributed by atoms with Crippen LogP contribution in [0.1, 0.15) is 22.3 Å². The van der Waals surface area contributed by atoms with Crippen LogP contribution >= 0.6 is 0 Å². The van der Waals surface area contributed by atoms with E-state index in [0.29, 0.717) is 31.0 Å². The molecule has 134 valence electrons. The minimum atomic E-state index is -0.287. The highest BCUT2D eigenvalue weighted by molar-refractivity contribution is 5.85. The molecule has 1 aliphatic heterocycles. The molecule has 1 aromatic heterocycles. The lowest BCUT2D eigenvalue weighted by Gasteiger charge is -2.29. The maximum absolute atomic E-state index is 12.2. The molecule has 0 N–H and O–H groups in total. The molecule has 4 rings (SSSR count). The molecule has 5 heteroatoms. The van der Waals surface area contributed by atoms with Crippen molar-refractivity contribution in [3.63, 3.8) is 0 Å². The Morgan fingerprint density at radius 2 is 1.92 bits per heavy atom. The summed E-state index contributed by atoms with van der Waals surface area (Å²) in [6.07, 6.45) is 0. The van der Waals surface area contributed by atoms with E-state index in [2.05, 4.69) is 4.90 Å². The molecule has 1 aliphatic rings. The van der Waals surface area contributed by atoms with Crippen molar-refractivity contribution in [2.45, 2.75) is 26.9 Å². The van der Waals surface area contributed by atoms with Gasteiger partial charge in [-0.05, 0) is 37.6 Å². The van der Waals surface area contributed by atoms with Gasteiger partial charge < -0.3 is 13.9 Å². The monoisotopic (exact) mass is 351 g/mol. The molecule has 0 radical (unpaired) electrons. The maximum Gasteiger partial charge on any atom is 0.339 e. The molecule has 0 spiro atoms. The fourth-order valence-electron chi connectivity index (χ4n) is 3.44. The van der Waals surface area contributed by atoms with Gasteiger partial charge in [0, 0.05) is 29.6 Å². The third-order valence-electron chi connectivity index (χ3n) is 5.06. The SMILES string of the molecule is COc1ccccc1CN1COc2ccc3c(C)c(C)c(=O)oc3c2C1. The van der Waals surface area contributed by atoms with E-state index >= 15 is 0 Å². The largest absolute Gasteiger partial charge is 0.496 e. The van der Waals surface area contributed by atoms with Gasteiger partial charge in [0.25, 0.3) is 0 Å². The van der Waals surface area contributed by atoms with Crippen LogP contribution in [-0.2, 0) is 13.1 Å². The summed E-state index contributed by atoms with van der Waals surface area (Å²) in [6.45, 7) is 5.57. The van der Waals surface area contributed by atoms with Crippen LogP contribution in [0.25, 0.3) is 11.0 Å². The molecule has 0 fully saturated rings. The van der Waals surface area contributed by atoms with Gasteiger partial charge in [-0.1, -0.05) is 18.2 Å². The average Bonchev–Trinajstić information content (AvgIpc) is 2.66. The van der Waals surface area contributed by atoms with Gasteiger partial charge >= 0.3 is 5.63 Å². The summed E-state index contributed by atoms with van der Waals surface area (Å²) in [5, 5.41) is 0.962. The molecule has 0 saturated heterocycles. The summed E-state index contributed by atoms with van der Waals surface area (Å²) >= 11 is 0. The van der Waals surface area contributed by atoms with Crippen LogP contribution < -0.4 is 15.1 Å². The Morgan fingerprint density at radius 1 is 1.12 bits per heavy atom. The molecular weight excluding hydrogens is 330 g/mol. The van der Waals surface area contributed by atoms with E-state index in [9.17, 15) is 4.79 Å². The molecule has 0 bridgehead atoms. The number of methoxy groups -OCH3 is 1. The highest BCUT2D eigenvalue weighted by Gasteiger charge is 2.23. The number of hydrogen-bond donors (Lipinski definition) is 0. The number of para-hydroxylation sites is 1. The molecule has 2 heterocycles. The lowest BCUT2D eigenvalue weighted by molar-refractivity contribution is 0.0882. The van der Waals surface area contributed by atoms with Crippen molar-refractivity contribution < 1.29 is 13.9 Å². The van der Waals surface area contributed by atoms with Crippen molar-refractivity contribution in [2.75, 3.05) is 13.8 Å². The van der Waals surface area contributed by atoms with Gasteiger partial charge in [0.05, 0.1) is 12.7 Å². The second-order valence-electron chi connectivity index (χ2n) is 6.63. The van der Waals surface area contributed by atoms with Crippen molar-refractivity contribution in [1.29, 1.82) is 0 Å². The number of fused-ring (bicyclic) bond motifs is 3. The first kappa shape index (κ1) is 16.7. The molecule has 0 amide bonds. The van der Waals surface area contributed by atoms with Gasteiger partial charge in [0.2, 0.25) is 0 Å². The fourth-order valence-corrected chi connectivity index (χ4v) is 3.44. The van der Waals surface area contributed by atoms with Crippen LogP contribution in [0.5, 0.6) is 11.5 Å². The molecule has 5 nitrogen and oxygen atoms in total. The van der Waals surface area contributed by atoms with E-state index < -0.39 is 0 Å². The van der Waals surface area contributed by atoms with Crippen LogP contribution in [0.2, 0.25) is 0 Å². The van der Waals surface area contributed by atoms with Crippen LogP contribution in [-0.4, -0.2) is 18.7 Å². The second-order valence-corrected chi connectivity index (χ2v) is 6.63. The molecule has 0 aliphatic carbocycles. The van der Waals surface area contributed by atoms with E-state index in [-0.39, 0.29) is 5.63 Å². The van der Waals surface area contributed by atoms with Crippen molar-refractivity contribution >= 4 is 11.0 Å². The highest BCUT2D eigenvalue weighted by atomic mass is 16.5. The molecule has 26 heavy (non-hydrogen) atoms. The molecule has 0 unspecified atom stereocenters. The first-order valence-electron chi connectivity index (χ1n) is 8.61. The maximum atomic E-state index is 12.2. The molecule has 3 aromatic rings. The average molecular weight is 351 g/mol. The van der Waals surface area contributed by atoms with Gasteiger partial charge in [-0.15, -0.1) is 0 Å². The van der Waals surface area contributed by atoms with Crippen LogP contribution in [0.15, 0.2) is 45.6 Å². The normalized spacial score (nSPS) is 14.1. The number of hydrogen-bond acceptors (Lipinski definition) is 5. The van der Waals surface area contributed by atoms with Gasteiger partial charge in [-0.2, -0.15) is 0 Å². The lowest BCUT2D eigenvalue weighted by atomic mass is 10.0. The van der Waals surface area contributed by atoms with Crippen molar-refractivity contribution in [3.05, 3.63) is 69.1 Å². The Morgan fingerprint density at radius 3 is 2.73 bits per heavy atom. The van der Waals surface area contributed by atoms with Gasteiger partial charge in [0.1, 0.15) is 23.8 Å². The zero-order chi connectivity index (χ0) is 18.3. The van der Waals surface area contributed by atoms with E-state index in [1.807, 2.05) is 43.3 Å². The number of aryl methyl sites for hydroxylation is 1. The smallest absolute Gasteiger partial charge is 0.339 e. The quantitative estimate of drug-likeness (QED) is 0.672. The zero-order valence-electron chi connectivity index (χ0n) is 15.2. The number of rotatable bonds is 3.